The molecule has 0 fully saturated rings. The van der Waals surface area contributed by atoms with Crippen molar-refractivity contribution in [3.63, 3.8) is 0 Å². The number of hydrogen-bond acceptors (Lipinski definition) is 6. The summed E-state index contributed by atoms with van der Waals surface area (Å²) in [5.41, 5.74) is 5.27. The second kappa shape index (κ2) is 7.50. The maximum absolute atomic E-state index is 10.4. The molecule has 0 bridgehead atoms. The van der Waals surface area contributed by atoms with Crippen molar-refractivity contribution in [1.82, 2.24) is 9.97 Å². The van der Waals surface area contributed by atoms with E-state index in [9.17, 15) is 30.6 Å². The zero-order valence-corrected chi connectivity index (χ0v) is 19.6. The summed E-state index contributed by atoms with van der Waals surface area (Å²) in [7, 11) is 0. The highest BCUT2D eigenvalue weighted by Gasteiger charge is 2.25. The van der Waals surface area contributed by atoms with Gasteiger partial charge in [0.1, 0.15) is 0 Å². The number of hydrogen-bond donors (Lipinski definition) is 8. The van der Waals surface area contributed by atoms with Crippen LogP contribution in [-0.4, -0.2) is 40.6 Å². The van der Waals surface area contributed by atoms with Crippen molar-refractivity contribution in [3.05, 3.63) is 72.8 Å². The molecule has 5 aromatic carbocycles. The number of rotatable bonds is 2. The quantitative estimate of drug-likeness (QED) is 0.125. The Hall–Kier alpha value is -5.50. The van der Waals surface area contributed by atoms with Gasteiger partial charge in [-0.15, -0.1) is 0 Å². The Bertz CT molecular complexity index is 1910. The lowest BCUT2D eigenvalue weighted by Gasteiger charge is -2.15. The lowest BCUT2D eigenvalue weighted by atomic mass is 9.89. The molecule has 0 saturated heterocycles. The van der Waals surface area contributed by atoms with Crippen LogP contribution in [0.5, 0.6) is 34.5 Å². The van der Waals surface area contributed by atoms with Crippen LogP contribution in [0.15, 0.2) is 72.8 Å². The Kier molecular flexibility index (Phi) is 4.29. The van der Waals surface area contributed by atoms with Crippen LogP contribution in [0.3, 0.4) is 0 Å². The minimum Gasteiger partial charge on any atom is -0.504 e. The number of H-pyrrole nitrogens is 2. The summed E-state index contributed by atoms with van der Waals surface area (Å²) < 4.78 is 0. The highest BCUT2D eigenvalue weighted by atomic mass is 16.3. The standard InChI is InChI=1S/C30H20N2O6/c33-19-9-13(10-20(34)29(19)37)23-25-15-5-1-3-7-17(15)31-27(25)24(14-11-21(35)30(38)22(36)12-14)26-16-6-2-4-8-18(16)32-28(23)26/h1-12,31-38H. The van der Waals surface area contributed by atoms with E-state index in [1.807, 2.05) is 48.5 Å². The Labute approximate surface area is 213 Å². The molecular weight excluding hydrogens is 484 g/mol. The monoisotopic (exact) mass is 504 g/mol. The number of aromatic hydroxyl groups is 6. The van der Waals surface area contributed by atoms with Crippen molar-refractivity contribution in [2.75, 3.05) is 0 Å². The van der Waals surface area contributed by atoms with Crippen molar-refractivity contribution in [2.45, 2.75) is 0 Å². The molecule has 0 atom stereocenters. The first-order valence-corrected chi connectivity index (χ1v) is 11.8. The maximum Gasteiger partial charge on any atom is 0.200 e. The van der Waals surface area contributed by atoms with E-state index in [1.54, 1.807) is 0 Å². The van der Waals surface area contributed by atoms with Crippen molar-refractivity contribution >= 4 is 43.6 Å². The van der Waals surface area contributed by atoms with E-state index < -0.39 is 34.5 Å². The predicted molar refractivity (Wildman–Crippen MR) is 146 cm³/mol. The third kappa shape index (κ3) is 2.85. The predicted octanol–water partition coefficient (Wildman–Crippen LogP) is 6.52. The van der Waals surface area contributed by atoms with Crippen molar-refractivity contribution in [3.8, 4) is 56.8 Å². The third-order valence-electron chi connectivity index (χ3n) is 7.13. The Morgan fingerprint density at radius 1 is 0.447 bits per heavy atom. The summed E-state index contributed by atoms with van der Waals surface area (Å²) in [5.74, 6) is -3.07. The van der Waals surface area contributed by atoms with Gasteiger partial charge in [0, 0.05) is 43.7 Å². The van der Waals surface area contributed by atoms with Crippen molar-refractivity contribution in [1.29, 1.82) is 0 Å². The van der Waals surface area contributed by atoms with Crippen LogP contribution >= 0.6 is 0 Å². The van der Waals surface area contributed by atoms with Crippen LogP contribution in [-0.2, 0) is 0 Å². The average molecular weight is 504 g/mol. The number of phenols is 6. The Morgan fingerprint density at radius 3 is 1.16 bits per heavy atom. The molecule has 2 aromatic heterocycles. The lowest BCUT2D eigenvalue weighted by molar-refractivity contribution is 0.368. The molecule has 38 heavy (non-hydrogen) atoms. The first kappa shape index (κ1) is 21.8. The minimum absolute atomic E-state index is 0.463. The van der Waals surface area contributed by atoms with E-state index in [-0.39, 0.29) is 0 Å². The van der Waals surface area contributed by atoms with Crippen LogP contribution < -0.4 is 0 Å². The van der Waals surface area contributed by atoms with E-state index >= 15 is 0 Å². The van der Waals surface area contributed by atoms with Crippen LogP contribution in [0.2, 0.25) is 0 Å². The molecule has 0 aliphatic carbocycles. The van der Waals surface area contributed by atoms with E-state index in [2.05, 4.69) is 9.97 Å². The van der Waals surface area contributed by atoms with Gasteiger partial charge in [0.2, 0.25) is 0 Å². The maximum atomic E-state index is 10.4. The molecule has 7 aromatic rings. The Balaban J connectivity index is 1.79. The van der Waals surface area contributed by atoms with Crippen LogP contribution in [0.25, 0.3) is 65.9 Å². The molecule has 0 aliphatic heterocycles. The van der Waals surface area contributed by atoms with Gasteiger partial charge in [-0.05, 0) is 47.5 Å². The molecule has 0 amide bonds. The average Bonchev–Trinajstić information content (AvgIpc) is 3.47. The zero-order chi connectivity index (χ0) is 26.3. The smallest absolute Gasteiger partial charge is 0.200 e. The van der Waals surface area contributed by atoms with E-state index in [0.29, 0.717) is 33.3 Å². The fourth-order valence-corrected chi connectivity index (χ4v) is 5.50. The fraction of sp³-hybridized carbons (Fsp3) is 0. The van der Waals surface area contributed by atoms with Crippen molar-refractivity contribution in [2.24, 2.45) is 0 Å². The number of benzene rings is 5. The first-order valence-electron chi connectivity index (χ1n) is 11.8. The molecule has 0 saturated carbocycles. The fourth-order valence-electron chi connectivity index (χ4n) is 5.50. The summed E-state index contributed by atoms with van der Waals surface area (Å²) in [4.78, 5) is 6.96. The second-order valence-corrected chi connectivity index (χ2v) is 9.32. The largest absolute Gasteiger partial charge is 0.504 e. The molecule has 8 nitrogen and oxygen atoms in total. The number of fused-ring (bicyclic) bond motifs is 6. The van der Waals surface area contributed by atoms with Gasteiger partial charge in [-0.25, -0.2) is 0 Å². The second-order valence-electron chi connectivity index (χ2n) is 9.32. The van der Waals surface area contributed by atoms with Crippen LogP contribution in [0.4, 0.5) is 0 Å². The van der Waals surface area contributed by atoms with Gasteiger partial charge in [0.05, 0.1) is 11.0 Å². The minimum atomic E-state index is -0.608. The molecule has 8 heteroatoms. The molecular formula is C30H20N2O6. The highest BCUT2D eigenvalue weighted by Crippen LogP contribution is 2.51. The van der Waals surface area contributed by atoms with E-state index in [4.69, 9.17) is 0 Å². The Morgan fingerprint density at radius 2 is 0.789 bits per heavy atom. The van der Waals surface area contributed by atoms with Crippen LogP contribution in [0.1, 0.15) is 0 Å². The zero-order valence-electron chi connectivity index (χ0n) is 19.6. The normalized spacial score (nSPS) is 11.8. The van der Waals surface area contributed by atoms with Gasteiger partial charge in [-0.3, -0.25) is 0 Å². The molecule has 0 unspecified atom stereocenters. The lowest BCUT2D eigenvalue weighted by Crippen LogP contribution is -1.90. The first-order chi connectivity index (χ1) is 18.3. The van der Waals surface area contributed by atoms with Crippen LogP contribution in [0, 0.1) is 0 Å². The molecule has 7 rings (SSSR count). The molecule has 0 radical (unpaired) electrons. The number of aromatic amines is 2. The number of para-hydroxylation sites is 2. The third-order valence-corrected chi connectivity index (χ3v) is 7.13. The van der Waals surface area contributed by atoms with Gasteiger partial charge in [-0.2, -0.15) is 0 Å². The molecule has 8 N–H and O–H groups in total. The number of phenolic OH excluding ortho intramolecular Hbond substituents is 6. The molecule has 0 aliphatic rings. The molecule has 0 spiro atoms. The number of nitrogens with one attached hydrogen (secondary N) is 2. The van der Waals surface area contributed by atoms with E-state index in [0.717, 1.165) is 32.6 Å². The van der Waals surface area contributed by atoms with E-state index in [1.165, 1.54) is 24.3 Å². The number of aromatic nitrogens is 2. The summed E-state index contributed by atoms with van der Waals surface area (Å²) in [6.07, 6.45) is 0. The molecule has 186 valence electrons. The molecule has 2 heterocycles. The highest BCUT2D eigenvalue weighted by molar-refractivity contribution is 6.31. The SMILES string of the molecule is Oc1cc(-c2c3[nH]c4ccccc4c3c(-c3cc(O)c(O)c(O)c3)c3[nH]c4ccccc4c23)cc(O)c1O. The van der Waals surface area contributed by atoms with Crippen molar-refractivity contribution < 1.29 is 30.6 Å². The van der Waals surface area contributed by atoms with Gasteiger partial charge < -0.3 is 40.6 Å². The summed E-state index contributed by atoms with van der Waals surface area (Å²) in [6.45, 7) is 0. The summed E-state index contributed by atoms with van der Waals surface area (Å²) in [6, 6.07) is 20.9. The summed E-state index contributed by atoms with van der Waals surface area (Å²) in [5, 5.41) is 64.9. The summed E-state index contributed by atoms with van der Waals surface area (Å²) >= 11 is 0. The van der Waals surface area contributed by atoms with Gasteiger partial charge >= 0.3 is 0 Å². The van der Waals surface area contributed by atoms with Gasteiger partial charge in [0.15, 0.2) is 34.5 Å². The van der Waals surface area contributed by atoms with Gasteiger partial charge in [-0.1, -0.05) is 36.4 Å². The van der Waals surface area contributed by atoms with Gasteiger partial charge in [0.25, 0.3) is 0 Å². The topological polar surface area (TPSA) is 153 Å².